The normalized spacial score (nSPS) is 20.6. The molecule has 0 aromatic heterocycles. The fraction of sp³-hybridized carbons (Fsp3) is 0.344. The first-order chi connectivity index (χ1) is 19.9. The van der Waals surface area contributed by atoms with E-state index in [1.54, 1.807) is 0 Å². The average molecular weight is 556 g/mol. The largest absolute Gasteiger partial charge is 0.479 e. The summed E-state index contributed by atoms with van der Waals surface area (Å²) in [5.41, 5.74) is 6.55. The summed E-state index contributed by atoms with van der Waals surface area (Å²) >= 11 is 0. The quantitative estimate of drug-likeness (QED) is 0.323. The summed E-state index contributed by atoms with van der Waals surface area (Å²) in [7, 11) is 0. The maximum Gasteiger partial charge on any atom is 0.408 e. The molecule has 2 atom stereocenters. The highest BCUT2D eigenvalue weighted by atomic mass is 16.7. The Kier molecular flexibility index (Phi) is 7.47. The minimum atomic E-state index is -1.34. The van der Waals surface area contributed by atoms with Gasteiger partial charge < -0.3 is 15.2 Å². The predicted molar refractivity (Wildman–Crippen MR) is 151 cm³/mol. The SMILES string of the molecule is O=C(NC1(C(=O)NOC(C(=O)O)C2CC2)CCN(Cc2ccccc2)C1)OCC1c2ccccc2-c2ccccc21. The fourth-order valence-electron chi connectivity index (χ4n) is 6.00. The van der Waals surface area contributed by atoms with Crippen molar-refractivity contribution >= 4 is 18.0 Å². The summed E-state index contributed by atoms with van der Waals surface area (Å²) in [5, 5.41) is 12.4. The Labute approximate surface area is 238 Å². The molecule has 2 fully saturated rings. The van der Waals surface area contributed by atoms with Crippen molar-refractivity contribution in [3.05, 3.63) is 95.6 Å². The number of likely N-dealkylation sites (tertiary alicyclic amines) is 1. The van der Waals surface area contributed by atoms with E-state index in [1.807, 2.05) is 66.7 Å². The summed E-state index contributed by atoms with van der Waals surface area (Å²) in [6.07, 6.45) is -0.0324. The number of amides is 2. The number of alkyl carbamates (subject to hydrolysis) is 1. The summed E-state index contributed by atoms with van der Waals surface area (Å²) < 4.78 is 5.76. The van der Waals surface area contributed by atoms with E-state index in [2.05, 4.69) is 27.8 Å². The number of hydrogen-bond donors (Lipinski definition) is 3. The molecule has 9 heteroatoms. The van der Waals surface area contributed by atoms with Gasteiger partial charge in [-0.3, -0.25) is 14.5 Å². The van der Waals surface area contributed by atoms with Gasteiger partial charge in [0, 0.05) is 25.6 Å². The monoisotopic (exact) mass is 555 g/mol. The van der Waals surface area contributed by atoms with Crippen LogP contribution in [0.3, 0.4) is 0 Å². The van der Waals surface area contributed by atoms with E-state index in [4.69, 9.17) is 9.57 Å². The number of hydroxylamine groups is 1. The van der Waals surface area contributed by atoms with Crippen molar-refractivity contribution in [1.29, 1.82) is 0 Å². The standard InChI is InChI=1S/C32H33N3O6/c36-29(37)28(22-14-15-22)41-34-30(38)32(16-17-35(20-32)18-21-8-2-1-3-9-21)33-31(39)40-19-27-25-12-6-4-10-23(25)24-11-5-7-13-26(24)27/h1-13,22,27-28H,14-20H2,(H,33,39)(H,34,38)(H,36,37). The number of ether oxygens (including phenoxy) is 1. The number of rotatable bonds is 10. The van der Waals surface area contributed by atoms with E-state index >= 15 is 0 Å². The highest BCUT2D eigenvalue weighted by Gasteiger charge is 2.48. The molecule has 212 valence electrons. The van der Waals surface area contributed by atoms with E-state index in [-0.39, 0.29) is 25.0 Å². The van der Waals surface area contributed by atoms with Crippen molar-refractivity contribution in [2.24, 2.45) is 5.92 Å². The third-order valence-electron chi connectivity index (χ3n) is 8.29. The summed E-state index contributed by atoms with van der Waals surface area (Å²) in [5.74, 6) is -1.96. The van der Waals surface area contributed by atoms with Crippen LogP contribution < -0.4 is 10.8 Å². The minimum Gasteiger partial charge on any atom is -0.479 e. The Bertz CT molecular complexity index is 1400. The molecule has 0 radical (unpaired) electrons. The topological polar surface area (TPSA) is 117 Å². The Morgan fingerprint density at radius 3 is 2.20 bits per heavy atom. The van der Waals surface area contributed by atoms with Crippen LogP contribution in [0.2, 0.25) is 0 Å². The van der Waals surface area contributed by atoms with Crippen LogP contribution in [-0.2, 0) is 25.7 Å². The van der Waals surface area contributed by atoms with E-state index < -0.39 is 29.6 Å². The second-order valence-corrected chi connectivity index (χ2v) is 11.1. The Morgan fingerprint density at radius 1 is 0.927 bits per heavy atom. The minimum absolute atomic E-state index is 0.116. The van der Waals surface area contributed by atoms with Gasteiger partial charge in [-0.05, 0) is 53.0 Å². The maximum atomic E-state index is 13.5. The van der Waals surface area contributed by atoms with Crippen molar-refractivity contribution in [2.45, 2.75) is 43.4 Å². The van der Waals surface area contributed by atoms with Gasteiger partial charge in [0.25, 0.3) is 5.91 Å². The zero-order valence-corrected chi connectivity index (χ0v) is 22.6. The van der Waals surface area contributed by atoms with Crippen molar-refractivity contribution in [1.82, 2.24) is 15.7 Å². The molecule has 2 aliphatic carbocycles. The number of nitrogens with zero attached hydrogens (tertiary/aromatic N) is 1. The van der Waals surface area contributed by atoms with Crippen LogP contribution in [-0.4, -0.2) is 59.3 Å². The lowest BCUT2D eigenvalue weighted by molar-refractivity contribution is -0.164. The average Bonchev–Trinajstić information content (AvgIpc) is 3.66. The zero-order valence-electron chi connectivity index (χ0n) is 22.6. The van der Waals surface area contributed by atoms with Crippen LogP contribution >= 0.6 is 0 Å². The van der Waals surface area contributed by atoms with Crippen LogP contribution in [0.1, 0.15) is 41.9 Å². The molecule has 1 saturated carbocycles. The van der Waals surface area contributed by atoms with E-state index in [9.17, 15) is 19.5 Å². The Balaban J connectivity index is 1.16. The number of carboxylic acid groups (broad SMARTS) is 1. The van der Waals surface area contributed by atoms with E-state index in [0.717, 1.165) is 40.7 Å². The van der Waals surface area contributed by atoms with Crippen LogP contribution in [0, 0.1) is 5.92 Å². The van der Waals surface area contributed by atoms with Gasteiger partial charge in [0.1, 0.15) is 12.1 Å². The smallest absolute Gasteiger partial charge is 0.408 e. The maximum absolute atomic E-state index is 13.5. The lowest BCUT2D eigenvalue weighted by atomic mass is 9.97. The number of aliphatic carboxylic acids is 1. The van der Waals surface area contributed by atoms with Crippen LogP contribution in [0.15, 0.2) is 78.9 Å². The molecule has 9 nitrogen and oxygen atoms in total. The molecular weight excluding hydrogens is 522 g/mol. The second kappa shape index (κ2) is 11.3. The molecule has 3 N–H and O–H groups in total. The zero-order chi connectivity index (χ0) is 28.4. The lowest BCUT2D eigenvalue weighted by Crippen LogP contribution is -2.61. The molecule has 3 aliphatic rings. The van der Waals surface area contributed by atoms with Crippen molar-refractivity contribution in [3.63, 3.8) is 0 Å². The number of benzene rings is 3. The molecule has 0 spiro atoms. The number of carbonyl (C=O) groups is 3. The first kappa shape index (κ1) is 27.0. The number of carbonyl (C=O) groups excluding carboxylic acids is 2. The number of carboxylic acids is 1. The van der Waals surface area contributed by atoms with Gasteiger partial charge in [-0.2, -0.15) is 0 Å². The van der Waals surface area contributed by atoms with Crippen molar-refractivity contribution in [2.75, 3.05) is 19.7 Å². The highest BCUT2D eigenvalue weighted by Crippen LogP contribution is 2.44. The van der Waals surface area contributed by atoms with Gasteiger partial charge in [-0.15, -0.1) is 0 Å². The first-order valence-electron chi connectivity index (χ1n) is 14.0. The summed E-state index contributed by atoms with van der Waals surface area (Å²) in [6.45, 7) is 1.49. The number of hydrogen-bond acceptors (Lipinski definition) is 6. The molecule has 1 aliphatic heterocycles. The first-order valence-corrected chi connectivity index (χ1v) is 14.0. The molecular formula is C32H33N3O6. The third-order valence-corrected chi connectivity index (χ3v) is 8.29. The van der Waals surface area contributed by atoms with Gasteiger partial charge in [0.05, 0.1) is 0 Å². The Morgan fingerprint density at radius 2 is 1.56 bits per heavy atom. The van der Waals surface area contributed by atoms with Crippen molar-refractivity contribution < 1.29 is 29.1 Å². The predicted octanol–water partition coefficient (Wildman–Crippen LogP) is 4.08. The summed E-state index contributed by atoms with van der Waals surface area (Å²) in [6, 6.07) is 26.0. The highest BCUT2D eigenvalue weighted by molar-refractivity contribution is 5.90. The Hall–Kier alpha value is -4.21. The van der Waals surface area contributed by atoms with E-state index in [0.29, 0.717) is 19.5 Å². The molecule has 41 heavy (non-hydrogen) atoms. The van der Waals surface area contributed by atoms with Gasteiger partial charge in [-0.25, -0.2) is 15.1 Å². The molecule has 3 aromatic rings. The third kappa shape index (κ3) is 5.68. The van der Waals surface area contributed by atoms with Crippen molar-refractivity contribution in [3.8, 4) is 11.1 Å². The van der Waals surface area contributed by atoms with Crippen LogP contribution in [0.5, 0.6) is 0 Å². The molecule has 3 aromatic carbocycles. The lowest BCUT2D eigenvalue weighted by Gasteiger charge is -2.29. The summed E-state index contributed by atoms with van der Waals surface area (Å²) in [4.78, 5) is 45.9. The molecule has 1 heterocycles. The van der Waals surface area contributed by atoms with Gasteiger partial charge in [-0.1, -0.05) is 78.9 Å². The van der Waals surface area contributed by atoms with Crippen LogP contribution in [0.4, 0.5) is 4.79 Å². The molecule has 2 unspecified atom stereocenters. The number of fused-ring (bicyclic) bond motifs is 3. The van der Waals surface area contributed by atoms with Gasteiger partial charge in [0.2, 0.25) is 0 Å². The van der Waals surface area contributed by atoms with Gasteiger partial charge in [0.15, 0.2) is 6.10 Å². The second-order valence-electron chi connectivity index (χ2n) is 11.1. The van der Waals surface area contributed by atoms with Crippen LogP contribution in [0.25, 0.3) is 11.1 Å². The van der Waals surface area contributed by atoms with E-state index in [1.165, 1.54) is 0 Å². The molecule has 1 saturated heterocycles. The molecule has 6 rings (SSSR count). The fourth-order valence-corrected chi connectivity index (χ4v) is 6.00. The number of nitrogens with one attached hydrogen (secondary N) is 2. The molecule has 0 bridgehead atoms. The van der Waals surface area contributed by atoms with Gasteiger partial charge >= 0.3 is 12.1 Å². The molecule has 2 amide bonds.